The van der Waals surface area contributed by atoms with E-state index in [2.05, 4.69) is 23.4 Å². The molecule has 1 unspecified atom stereocenters. The highest BCUT2D eigenvalue weighted by molar-refractivity contribution is 7.78. The number of carbonyl (C=O) groups is 2. The van der Waals surface area contributed by atoms with Crippen LogP contribution in [0.5, 0.6) is 11.5 Å². The molecule has 8 heteroatoms. The predicted molar refractivity (Wildman–Crippen MR) is 128 cm³/mol. The molecule has 3 aromatic rings. The number of aryl methyl sites for hydroxylation is 1. The molecule has 0 radical (unpaired) electrons. The van der Waals surface area contributed by atoms with E-state index in [0.29, 0.717) is 28.4 Å². The van der Waals surface area contributed by atoms with E-state index in [1.807, 2.05) is 25.1 Å². The molecule has 0 saturated carbocycles. The van der Waals surface area contributed by atoms with Crippen LogP contribution in [0.25, 0.3) is 0 Å². The number of rotatable bonds is 7. The van der Waals surface area contributed by atoms with E-state index in [1.54, 1.807) is 54.6 Å². The third-order valence-electron chi connectivity index (χ3n) is 4.78. The first kappa shape index (κ1) is 23.0. The molecule has 0 heterocycles. The van der Waals surface area contributed by atoms with Crippen LogP contribution in [0, 0.1) is 6.92 Å². The maximum atomic E-state index is 13.2. The molecule has 2 N–H and O–H groups in total. The first-order valence-electron chi connectivity index (χ1n) is 9.86. The number of amides is 3. The van der Waals surface area contributed by atoms with Gasteiger partial charge < -0.3 is 20.1 Å². The summed E-state index contributed by atoms with van der Waals surface area (Å²) in [6.45, 7) is 1.96. The van der Waals surface area contributed by atoms with Gasteiger partial charge >= 0.3 is 6.03 Å². The smallest absolute Gasteiger partial charge is 0.332 e. The van der Waals surface area contributed by atoms with Gasteiger partial charge in [0.05, 0.1) is 19.9 Å². The van der Waals surface area contributed by atoms with Gasteiger partial charge in [-0.05, 0) is 36.8 Å². The van der Waals surface area contributed by atoms with Gasteiger partial charge in [0.1, 0.15) is 17.5 Å². The van der Waals surface area contributed by atoms with Crippen LogP contribution in [-0.4, -0.2) is 30.5 Å². The summed E-state index contributed by atoms with van der Waals surface area (Å²) in [5.74, 6) is 0.590. The number of nitrogens with one attached hydrogen (secondary N) is 2. The fourth-order valence-corrected chi connectivity index (χ4v) is 3.38. The molecular weight excluding hydrogens is 426 g/mol. The second kappa shape index (κ2) is 10.6. The quantitative estimate of drug-likeness (QED) is 0.438. The number of nitrogens with zero attached hydrogens (tertiary/aromatic N) is 1. The molecular formula is C24H25N3O4S. The Morgan fingerprint density at radius 3 is 2.22 bits per heavy atom. The molecule has 0 aliphatic rings. The van der Waals surface area contributed by atoms with E-state index in [1.165, 1.54) is 14.2 Å². The molecule has 0 spiro atoms. The summed E-state index contributed by atoms with van der Waals surface area (Å²) in [5.41, 5.74) is 2.70. The van der Waals surface area contributed by atoms with Crippen molar-refractivity contribution in [3.8, 4) is 11.5 Å². The van der Waals surface area contributed by atoms with Gasteiger partial charge in [-0.2, -0.15) is 0 Å². The van der Waals surface area contributed by atoms with Crippen molar-refractivity contribution in [2.75, 3.05) is 24.9 Å². The summed E-state index contributed by atoms with van der Waals surface area (Å²) >= 11 is 4.38. The summed E-state index contributed by atoms with van der Waals surface area (Å²) in [6.07, 6.45) is 0. The van der Waals surface area contributed by atoms with Crippen LogP contribution in [0.1, 0.15) is 17.2 Å². The minimum Gasteiger partial charge on any atom is -0.497 e. The monoisotopic (exact) mass is 451 g/mol. The molecule has 1 atom stereocenters. The number of carbonyl (C=O) groups excluding carboxylic acids is 2. The fourth-order valence-electron chi connectivity index (χ4n) is 3.09. The Morgan fingerprint density at radius 1 is 0.906 bits per heavy atom. The standard InChI is InChI=1S/C24H25N3O4S/c1-16-9-11-18(12-10-16)25-23(28)22(17-7-5-4-6-8-17)27(32)24(29)26-20-15-19(30-2)13-14-21(20)31-3/h4-15,22,32H,1-3H3,(H,25,28)(H,26,29). The zero-order chi connectivity index (χ0) is 23.1. The van der Waals surface area contributed by atoms with Crippen molar-refractivity contribution in [2.24, 2.45) is 0 Å². The average molecular weight is 452 g/mol. The lowest BCUT2D eigenvalue weighted by Gasteiger charge is -2.27. The SMILES string of the molecule is COc1ccc(OC)c(NC(=O)N(S)C(C(=O)Nc2ccc(C)cc2)c2ccccc2)c1. The largest absolute Gasteiger partial charge is 0.497 e. The lowest BCUT2D eigenvalue weighted by molar-refractivity contribution is -0.119. The first-order chi connectivity index (χ1) is 15.4. The van der Waals surface area contributed by atoms with Crippen LogP contribution in [-0.2, 0) is 4.79 Å². The predicted octanol–water partition coefficient (Wildman–Crippen LogP) is 5.07. The first-order valence-corrected chi connectivity index (χ1v) is 10.3. The zero-order valence-corrected chi connectivity index (χ0v) is 18.9. The van der Waals surface area contributed by atoms with Crippen LogP contribution in [0.4, 0.5) is 16.2 Å². The van der Waals surface area contributed by atoms with Gasteiger partial charge in [0.25, 0.3) is 5.91 Å². The summed E-state index contributed by atoms with van der Waals surface area (Å²) in [5, 5.41) is 5.59. The number of urea groups is 1. The lowest BCUT2D eigenvalue weighted by Crippen LogP contribution is -2.38. The Morgan fingerprint density at radius 2 is 1.59 bits per heavy atom. The van der Waals surface area contributed by atoms with Crippen LogP contribution in [0.3, 0.4) is 0 Å². The number of hydrogen-bond donors (Lipinski definition) is 3. The second-order valence-electron chi connectivity index (χ2n) is 7.01. The molecule has 166 valence electrons. The van der Waals surface area contributed by atoms with Crippen molar-refractivity contribution in [3.63, 3.8) is 0 Å². The van der Waals surface area contributed by atoms with Crippen molar-refractivity contribution >= 4 is 36.1 Å². The molecule has 3 aromatic carbocycles. The lowest BCUT2D eigenvalue weighted by atomic mass is 10.1. The third kappa shape index (κ3) is 5.53. The van der Waals surface area contributed by atoms with E-state index >= 15 is 0 Å². The van der Waals surface area contributed by atoms with E-state index in [0.717, 1.165) is 9.87 Å². The summed E-state index contributed by atoms with van der Waals surface area (Å²) in [7, 11) is 3.02. The second-order valence-corrected chi connectivity index (χ2v) is 7.44. The maximum absolute atomic E-state index is 13.2. The average Bonchev–Trinajstić information content (AvgIpc) is 2.81. The number of benzene rings is 3. The van der Waals surface area contributed by atoms with Gasteiger partial charge in [-0.1, -0.05) is 60.8 Å². The normalized spacial score (nSPS) is 11.2. The molecule has 0 aromatic heterocycles. The highest BCUT2D eigenvalue weighted by Crippen LogP contribution is 2.31. The summed E-state index contributed by atoms with van der Waals surface area (Å²) in [4.78, 5) is 26.3. The van der Waals surface area contributed by atoms with Crippen LogP contribution >= 0.6 is 12.8 Å². The molecule has 3 rings (SSSR count). The Labute approximate surface area is 192 Å². The molecule has 32 heavy (non-hydrogen) atoms. The van der Waals surface area contributed by atoms with Crippen molar-refractivity contribution < 1.29 is 19.1 Å². The van der Waals surface area contributed by atoms with Gasteiger partial charge in [-0.3, -0.25) is 9.10 Å². The Kier molecular flexibility index (Phi) is 7.62. The van der Waals surface area contributed by atoms with Crippen molar-refractivity contribution in [3.05, 3.63) is 83.9 Å². The molecule has 3 amide bonds. The molecule has 0 fully saturated rings. The van der Waals surface area contributed by atoms with Crippen molar-refractivity contribution in [2.45, 2.75) is 13.0 Å². The summed E-state index contributed by atoms with van der Waals surface area (Å²) < 4.78 is 11.6. The number of ether oxygens (including phenoxy) is 2. The van der Waals surface area contributed by atoms with E-state index < -0.39 is 18.0 Å². The summed E-state index contributed by atoms with van der Waals surface area (Å²) in [6, 6.07) is 19.8. The zero-order valence-electron chi connectivity index (χ0n) is 18.0. The third-order valence-corrected chi connectivity index (χ3v) is 5.20. The number of anilines is 2. The van der Waals surface area contributed by atoms with E-state index in [4.69, 9.17) is 9.47 Å². The maximum Gasteiger partial charge on any atom is 0.332 e. The number of hydrogen-bond acceptors (Lipinski definition) is 5. The Bertz CT molecular complexity index is 1070. The molecule has 0 aliphatic heterocycles. The minimum atomic E-state index is -0.988. The molecule has 0 bridgehead atoms. The Balaban J connectivity index is 1.87. The topological polar surface area (TPSA) is 79.9 Å². The van der Waals surface area contributed by atoms with Gasteiger partial charge in [-0.25, -0.2) is 4.79 Å². The van der Waals surface area contributed by atoms with E-state index in [-0.39, 0.29) is 0 Å². The highest BCUT2D eigenvalue weighted by Gasteiger charge is 2.30. The number of thiol groups is 1. The molecule has 0 saturated heterocycles. The Hall–Kier alpha value is -3.65. The molecule has 0 aliphatic carbocycles. The van der Waals surface area contributed by atoms with Crippen LogP contribution in [0.2, 0.25) is 0 Å². The van der Waals surface area contributed by atoms with Gasteiger partial charge in [0.15, 0.2) is 0 Å². The van der Waals surface area contributed by atoms with Crippen LogP contribution < -0.4 is 20.1 Å². The van der Waals surface area contributed by atoms with Crippen molar-refractivity contribution in [1.82, 2.24) is 4.31 Å². The van der Waals surface area contributed by atoms with Gasteiger partial charge in [0.2, 0.25) is 0 Å². The molecule has 7 nitrogen and oxygen atoms in total. The number of methoxy groups -OCH3 is 2. The van der Waals surface area contributed by atoms with Crippen molar-refractivity contribution in [1.29, 1.82) is 0 Å². The minimum absolute atomic E-state index is 0.390. The van der Waals surface area contributed by atoms with Gasteiger partial charge in [-0.15, -0.1) is 0 Å². The van der Waals surface area contributed by atoms with Crippen LogP contribution in [0.15, 0.2) is 72.8 Å². The van der Waals surface area contributed by atoms with E-state index in [9.17, 15) is 9.59 Å². The fraction of sp³-hybridized carbons (Fsp3) is 0.167. The highest BCUT2D eigenvalue weighted by atomic mass is 32.1. The van der Waals surface area contributed by atoms with Gasteiger partial charge in [0, 0.05) is 11.8 Å².